The summed E-state index contributed by atoms with van der Waals surface area (Å²) in [5.74, 6) is 0.312. The molecule has 6 heteroatoms. The van der Waals surface area contributed by atoms with Crippen LogP contribution in [0.4, 0.5) is 0 Å². The predicted octanol–water partition coefficient (Wildman–Crippen LogP) is 2.75. The van der Waals surface area contributed by atoms with Crippen LogP contribution in [0.25, 0.3) is 16.9 Å². The van der Waals surface area contributed by atoms with Crippen molar-refractivity contribution in [3.05, 3.63) is 77.7 Å². The number of aromatic nitrogens is 5. The van der Waals surface area contributed by atoms with Crippen LogP contribution in [0.3, 0.4) is 0 Å². The number of carbonyl (C=O) groups excluding carboxylic acids is 1. The van der Waals surface area contributed by atoms with Gasteiger partial charge in [-0.3, -0.25) is 4.79 Å². The fourth-order valence-electron chi connectivity index (χ4n) is 2.55. The SMILES string of the molecule is Cc1nc(C(=O)c2ccccc2)c2nnn(-c3ccccc3)c2n1. The predicted molar refractivity (Wildman–Crippen MR) is 89.1 cm³/mol. The van der Waals surface area contributed by atoms with E-state index in [0.717, 1.165) is 5.69 Å². The summed E-state index contributed by atoms with van der Waals surface area (Å²) in [6.07, 6.45) is 0. The molecule has 0 fully saturated rings. The molecule has 0 aliphatic carbocycles. The molecule has 0 N–H and O–H groups in total. The van der Waals surface area contributed by atoms with Gasteiger partial charge in [0.2, 0.25) is 5.78 Å². The Balaban J connectivity index is 1.92. The first kappa shape index (κ1) is 14.2. The summed E-state index contributed by atoms with van der Waals surface area (Å²) in [5, 5.41) is 8.31. The van der Waals surface area contributed by atoms with Crippen LogP contribution in [0.5, 0.6) is 0 Å². The molecule has 0 bridgehead atoms. The summed E-state index contributed by atoms with van der Waals surface area (Å²) in [5.41, 5.74) is 2.58. The van der Waals surface area contributed by atoms with Crippen molar-refractivity contribution in [2.24, 2.45) is 0 Å². The fraction of sp³-hybridized carbons (Fsp3) is 0.0556. The minimum absolute atomic E-state index is 0.189. The van der Waals surface area contributed by atoms with E-state index in [1.165, 1.54) is 0 Å². The zero-order valence-electron chi connectivity index (χ0n) is 12.9. The average molecular weight is 315 g/mol. The van der Waals surface area contributed by atoms with E-state index in [1.807, 2.05) is 48.5 Å². The molecule has 0 unspecified atom stereocenters. The maximum Gasteiger partial charge on any atom is 0.213 e. The number of fused-ring (bicyclic) bond motifs is 1. The molecule has 0 amide bonds. The van der Waals surface area contributed by atoms with Gasteiger partial charge >= 0.3 is 0 Å². The number of carbonyl (C=O) groups is 1. The zero-order valence-corrected chi connectivity index (χ0v) is 12.9. The second kappa shape index (κ2) is 5.66. The highest BCUT2D eigenvalue weighted by Crippen LogP contribution is 2.19. The van der Waals surface area contributed by atoms with E-state index in [4.69, 9.17) is 0 Å². The van der Waals surface area contributed by atoms with Crippen LogP contribution in [-0.2, 0) is 0 Å². The molecule has 0 aliphatic heterocycles. The number of nitrogens with zero attached hydrogens (tertiary/aromatic N) is 5. The quantitative estimate of drug-likeness (QED) is 0.543. The smallest absolute Gasteiger partial charge is 0.213 e. The van der Waals surface area contributed by atoms with E-state index in [1.54, 1.807) is 23.7 Å². The first-order chi connectivity index (χ1) is 11.7. The average Bonchev–Trinajstić information content (AvgIpc) is 3.05. The summed E-state index contributed by atoms with van der Waals surface area (Å²) in [6, 6.07) is 18.6. The highest BCUT2D eigenvalue weighted by Gasteiger charge is 2.20. The number of aryl methyl sites for hydroxylation is 1. The van der Waals surface area contributed by atoms with Gasteiger partial charge in [-0.1, -0.05) is 53.7 Å². The Kier molecular flexibility index (Phi) is 3.35. The van der Waals surface area contributed by atoms with Crippen LogP contribution in [0.1, 0.15) is 21.9 Å². The van der Waals surface area contributed by atoms with Gasteiger partial charge in [0, 0.05) is 5.56 Å². The topological polar surface area (TPSA) is 73.6 Å². The maximum atomic E-state index is 12.8. The zero-order chi connectivity index (χ0) is 16.5. The minimum Gasteiger partial charge on any atom is -0.287 e. The van der Waals surface area contributed by atoms with Crippen molar-refractivity contribution < 1.29 is 4.79 Å². The van der Waals surface area contributed by atoms with Gasteiger partial charge in [0.1, 0.15) is 11.5 Å². The lowest BCUT2D eigenvalue weighted by Gasteiger charge is -2.04. The van der Waals surface area contributed by atoms with Crippen molar-refractivity contribution in [2.45, 2.75) is 6.92 Å². The molecule has 0 saturated heterocycles. The lowest BCUT2D eigenvalue weighted by atomic mass is 10.1. The Hall–Kier alpha value is -3.41. The van der Waals surface area contributed by atoms with Gasteiger partial charge in [0.15, 0.2) is 11.2 Å². The van der Waals surface area contributed by atoms with Crippen molar-refractivity contribution in [3.8, 4) is 5.69 Å². The summed E-state index contributed by atoms with van der Waals surface area (Å²) >= 11 is 0. The molecule has 116 valence electrons. The summed E-state index contributed by atoms with van der Waals surface area (Å²) in [7, 11) is 0. The normalized spacial score (nSPS) is 10.9. The number of benzene rings is 2. The standard InChI is InChI=1S/C18H13N5O/c1-12-19-15(17(24)13-8-4-2-5-9-13)16-18(20-12)23(22-21-16)14-10-6-3-7-11-14/h2-11H,1H3. The van der Waals surface area contributed by atoms with Crippen molar-refractivity contribution in [1.82, 2.24) is 25.0 Å². The molecule has 0 radical (unpaired) electrons. The highest BCUT2D eigenvalue weighted by atomic mass is 16.1. The van der Waals surface area contributed by atoms with Gasteiger partial charge in [-0.15, -0.1) is 5.10 Å². The van der Waals surface area contributed by atoms with E-state index < -0.39 is 0 Å². The summed E-state index contributed by atoms with van der Waals surface area (Å²) < 4.78 is 1.62. The first-order valence-electron chi connectivity index (χ1n) is 7.49. The van der Waals surface area contributed by atoms with Crippen molar-refractivity contribution in [2.75, 3.05) is 0 Å². The van der Waals surface area contributed by atoms with Gasteiger partial charge in [-0.05, 0) is 19.1 Å². The van der Waals surface area contributed by atoms with Crippen LogP contribution in [-0.4, -0.2) is 30.7 Å². The molecular formula is C18H13N5O. The molecule has 2 aromatic carbocycles. The third-order valence-corrected chi connectivity index (χ3v) is 3.66. The Morgan fingerprint density at radius 3 is 2.29 bits per heavy atom. The second-order valence-electron chi connectivity index (χ2n) is 5.32. The van der Waals surface area contributed by atoms with Gasteiger partial charge in [0.05, 0.1) is 5.69 Å². The lowest BCUT2D eigenvalue weighted by Crippen LogP contribution is -2.08. The van der Waals surface area contributed by atoms with E-state index >= 15 is 0 Å². The van der Waals surface area contributed by atoms with E-state index in [2.05, 4.69) is 20.3 Å². The van der Waals surface area contributed by atoms with Crippen molar-refractivity contribution >= 4 is 16.9 Å². The number of hydrogen-bond donors (Lipinski definition) is 0. The molecule has 4 rings (SSSR count). The molecule has 2 heterocycles. The summed E-state index contributed by atoms with van der Waals surface area (Å²) in [4.78, 5) is 21.5. The van der Waals surface area contributed by atoms with Crippen LogP contribution < -0.4 is 0 Å². The Labute approximate surface area is 137 Å². The third kappa shape index (κ3) is 2.34. The molecule has 2 aromatic heterocycles. The number of hydrogen-bond acceptors (Lipinski definition) is 5. The van der Waals surface area contributed by atoms with Gasteiger partial charge in [-0.2, -0.15) is 4.68 Å². The lowest BCUT2D eigenvalue weighted by molar-refractivity contribution is 0.103. The second-order valence-corrected chi connectivity index (χ2v) is 5.32. The third-order valence-electron chi connectivity index (χ3n) is 3.66. The minimum atomic E-state index is -0.189. The van der Waals surface area contributed by atoms with E-state index in [-0.39, 0.29) is 11.5 Å². The van der Waals surface area contributed by atoms with Gasteiger partial charge < -0.3 is 0 Å². The van der Waals surface area contributed by atoms with Gasteiger partial charge in [-0.25, -0.2) is 9.97 Å². The van der Waals surface area contributed by atoms with Crippen LogP contribution in [0, 0.1) is 6.92 Å². The molecule has 0 saturated carbocycles. The largest absolute Gasteiger partial charge is 0.287 e. The van der Waals surface area contributed by atoms with E-state index in [9.17, 15) is 4.79 Å². The van der Waals surface area contributed by atoms with Crippen LogP contribution in [0.15, 0.2) is 60.7 Å². The fourth-order valence-corrected chi connectivity index (χ4v) is 2.55. The Morgan fingerprint density at radius 1 is 0.917 bits per heavy atom. The van der Waals surface area contributed by atoms with Crippen molar-refractivity contribution in [3.63, 3.8) is 0 Å². The Morgan fingerprint density at radius 2 is 1.58 bits per heavy atom. The van der Waals surface area contributed by atoms with Gasteiger partial charge in [0.25, 0.3) is 0 Å². The van der Waals surface area contributed by atoms with Crippen LogP contribution in [0.2, 0.25) is 0 Å². The Bertz CT molecular complexity index is 1030. The first-order valence-corrected chi connectivity index (χ1v) is 7.49. The molecule has 4 aromatic rings. The summed E-state index contributed by atoms with van der Waals surface area (Å²) in [6.45, 7) is 1.75. The highest BCUT2D eigenvalue weighted by molar-refractivity contribution is 6.13. The maximum absolute atomic E-state index is 12.8. The monoisotopic (exact) mass is 315 g/mol. The van der Waals surface area contributed by atoms with Crippen molar-refractivity contribution in [1.29, 1.82) is 0 Å². The molecule has 6 nitrogen and oxygen atoms in total. The van der Waals surface area contributed by atoms with Crippen LogP contribution >= 0.6 is 0 Å². The number of ketones is 1. The molecule has 0 spiro atoms. The molecular weight excluding hydrogens is 302 g/mol. The van der Waals surface area contributed by atoms with E-state index in [0.29, 0.717) is 22.6 Å². The number of para-hydroxylation sites is 1. The number of rotatable bonds is 3. The molecule has 0 atom stereocenters. The molecule has 24 heavy (non-hydrogen) atoms. The molecule has 0 aliphatic rings.